The Labute approximate surface area is 419 Å². The van der Waals surface area contributed by atoms with Gasteiger partial charge in [-0.1, -0.05) is 41.7 Å². The average molecular weight is 1020 g/mol. The predicted molar refractivity (Wildman–Crippen MR) is 267 cm³/mol. The van der Waals surface area contributed by atoms with Crippen molar-refractivity contribution in [3.63, 3.8) is 0 Å². The van der Waals surface area contributed by atoms with Gasteiger partial charge in [0.15, 0.2) is 16.5 Å². The third kappa shape index (κ3) is 10.6. The SMILES string of the molecule is Cn1nc(C2CCC(=O)NC2=O)c2ccc(NC(=O)CN3CCC(CCCOc4ccc(-c5ccc(N6CCc7cccc(C(=O)Nc8nc9ccccc9s8)c7C6)nc5C(=O)O)c(C(F)(F)F)c4)CC3)nc21. The molecule has 7 heterocycles. The van der Waals surface area contributed by atoms with Gasteiger partial charge in [-0.25, -0.2) is 19.7 Å². The molecule has 376 valence electrons. The number of anilines is 3. The number of benzene rings is 3. The highest BCUT2D eigenvalue weighted by atomic mass is 32.1. The van der Waals surface area contributed by atoms with Crippen molar-refractivity contribution < 1.29 is 47.0 Å². The number of pyridine rings is 2. The lowest BCUT2D eigenvalue weighted by atomic mass is 9.92. The van der Waals surface area contributed by atoms with E-state index in [1.165, 1.54) is 35.6 Å². The summed E-state index contributed by atoms with van der Waals surface area (Å²) in [7, 11) is 1.70. The zero-order chi connectivity index (χ0) is 51.0. The van der Waals surface area contributed by atoms with Crippen molar-refractivity contribution in [3.05, 3.63) is 119 Å². The number of halogens is 3. The molecule has 3 aliphatic heterocycles. The van der Waals surface area contributed by atoms with E-state index < -0.39 is 35.2 Å². The molecule has 0 bridgehead atoms. The maximum absolute atomic E-state index is 14.7. The quantitative estimate of drug-likeness (QED) is 0.0598. The van der Waals surface area contributed by atoms with Crippen molar-refractivity contribution in [2.24, 2.45) is 13.0 Å². The number of carbonyl (C=O) groups is 5. The number of hydrogen-bond donors (Lipinski definition) is 4. The second-order valence-electron chi connectivity index (χ2n) is 18.5. The number of aromatic carboxylic acids is 1. The van der Waals surface area contributed by atoms with Crippen LogP contribution in [0.25, 0.3) is 32.4 Å². The zero-order valence-electron chi connectivity index (χ0n) is 39.5. The molecule has 10 rings (SSSR count). The van der Waals surface area contributed by atoms with E-state index in [-0.39, 0.29) is 66.5 Å². The third-order valence-corrected chi connectivity index (χ3v) is 14.6. The van der Waals surface area contributed by atoms with Crippen LogP contribution in [0, 0.1) is 5.92 Å². The summed E-state index contributed by atoms with van der Waals surface area (Å²) < 4.78 is 52.5. The average Bonchev–Trinajstić information content (AvgIpc) is 3.94. The zero-order valence-corrected chi connectivity index (χ0v) is 40.3. The first-order valence-corrected chi connectivity index (χ1v) is 24.8. The second kappa shape index (κ2) is 20.4. The lowest BCUT2D eigenvalue weighted by Gasteiger charge is -2.31. The number of aryl methyl sites for hydroxylation is 1. The molecule has 17 nitrogen and oxygen atoms in total. The summed E-state index contributed by atoms with van der Waals surface area (Å²) in [5.74, 6) is -2.41. The highest BCUT2D eigenvalue weighted by Crippen LogP contribution is 2.41. The lowest BCUT2D eigenvalue weighted by molar-refractivity contribution is -0.137. The van der Waals surface area contributed by atoms with Gasteiger partial charge in [-0.15, -0.1) is 0 Å². The Bertz CT molecular complexity index is 3280. The molecule has 2 saturated heterocycles. The van der Waals surface area contributed by atoms with Crippen LogP contribution in [0.2, 0.25) is 0 Å². The summed E-state index contributed by atoms with van der Waals surface area (Å²) in [6, 6.07) is 22.8. The first-order chi connectivity index (χ1) is 35.1. The third-order valence-electron chi connectivity index (χ3n) is 13.7. The summed E-state index contributed by atoms with van der Waals surface area (Å²) in [4.78, 5) is 80.8. The van der Waals surface area contributed by atoms with E-state index in [2.05, 4.69) is 40.9 Å². The number of alkyl halides is 3. The van der Waals surface area contributed by atoms with Gasteiger partial charge in [-0.3, -0.25) is 39.4 Å². The van der Waals surface area contributed by atoms with Gasteiger partial charge in [0.1, 0.15) is 17.4 Å². The van der Waals surface area contributed by atoms with Gasteiger partial charge in [0.05, 0.1) is 40.5 Å². The molecule has 0 radical (unpaired) electrons. The molecule has 1 atom stereocenters. The van der Waals surface area contributed by atoms with Crippen LogP contribution in [0.3, 0.4) is 0 Å². The molecule has 0 saturated carbocycles. The minimum absolute atomic E-state index is 0.0000973. The summed E-state index contributed by atoms with van der Waals surface area (Å²) in [6.07, 6.45) is -0.716. The van der Waals surface area contributed by atoms with Crippen LogP contribution in [-0.4, -0.2) is 97.1 Å². The van der Waals surface area contributed by atoms with E-state index in [9.17, 15) is 42.3 Å². The Kier molecular flexibility index (Phi) is 13.6. The van der Waals surface area contributed by atoms with Gasteiger partial charge in [0.2, 0.25) is 17.7 Å². The van der Waals surface area contributed by atoms with Crippen LogP contribution in [0.4, 0.5) is 29.9 Å². The number of piperidine rings is 2. The highest BCUT2D eigenvalue weighted by molar-refractivity contribution is 7.22. The van der Waals surface area contributed by atoms with Crippen molar-refractivity contribution in [1.82, 2.24) is 34.9 Å². The van der Waals surface area contributed by atoms with E-state index in [4.69, 9.17) is 4.74 Å². The summed E-state index contributed by atoms with van der Waals surface area (Å²) >= 11 is 1.36. The number of carbonyl (C=O) groups excluding carboxylic acids is 4. The number of thiazole rings is 1. The molecule has 4 amide bonds. The van der Waals surface area contributed by atoms with E-state index in [0.29, 0.717) is 78.1 Å². The summed E-state index contributed by atoms with van der Waals surface area (Å²) in [5, 5.41) is 24.1. The lowest BCUT2D eigenvalue weighted by Crippen LogP contribution is -2.39. The summed E-state index contributed by atoms with van der Waals surface area (Å²) in [5.41, 5.74) is 1.76. The number of nitrogens with zero attached hydrogens (tertiary/aromatic N) is 7. The molecule has 4 aromatic heterocycles. The van der Waals surface area contributed by atoms with Gasteiger partial charge in [0.25, 0.3) is 5.91 Å². The monoisotopic (exact) mass is 1010 g/mol. The maximum atomic E-state index is 14.7. The molecule has 4 N–H and O–H groups in total. The fourth-order valence-corrected chi connectivity index (χ4v) is 10.8. The van der Waals surface area contributed by atoms with Gasteiger partial charge >= 0.3 is 12.1 Å². The first-order valence-electron chi connectivity index (χ1n) is 24.0. The van der Waals surface area contributed by atoms with E-state index in [1.54, 1.807) is 36.0 Å². The Balaban J connectivity index is 0.724. The van der Waals surface area contributed by atoms with E-state index in [1.807, 2.05) is 35.2 Å². The summed E-state index contributed by atoms with van der Waals surface area (Å²) in [6.45, 7) is 2.35. The van der Waals surface area contributed by atoms with Crippen LogP contribution >= 0.6 is 11.3 Å². The first kappa shape index (κ1) is 48.8. The van der Waals surface area contributed by atoms with Crippen LogP contribution in [0.5, 0.6) is 5.75 Å². The van der Waals surface area contributed by atoms with Crippen LogP contribution in [0.1, 0.15) is 87.7 Å². The van der Waals surface area contributed by atoms with Crippen molar-refractivity contribution in [2.75, 3.05) is 48.3 Å². The number of carboxylic acids is 1. The standard InChI is InChI=1S/C52H49F3N10O7S/c1-63-47-35(45(62-63)36-15-18-43(66)60-49(36)69)13-16-41(58-47)57-44(67)28-64-22-19-29(20-23-64)6-5-25-72-31-11-12-32(38(26-31)52(53,54)55)33-14-17-42(59-46(33)50(70)71)65-24-21-30-7-4-8-34(37(30)27-65)48(68)61-51-56-39-9-2-3-10-40(39)73-51/h2-4,7-14,16-17,26,29,36H,5-6,15,18-25,27-28H2,1H3,(H,70,71)(H,56,61,68)(H,57,58,67)(H,60,66,69). The normalized spacial score (nSPS) is 16.6. The number of hydrogen-bond acceptors (Lipinski definition) is 13. The molecule has 2 fully saturated rings. The second-order valence-corrected chi connectivity index (χ2v) is 19.5. The molecule has 73 heavy (non-hydrogen) atoms. The topological polar surface area (TPSA) is 214 Å². The van der Waals surface area contributed by atoms with Gasteiger partial charge in [-0.05, 0) is 129 Å². The Morgan fingerprint density at radius 3 is 2.48 bits per heavy atom. The minimum atomic E-state index is -4.85. The smallest absolute Gasteiger partial charge is 0.417 e. The minimum Gasteiger partial charge on any atom is -0.494 e. The molecule has 21 heteroatoms. The van der Waals surface area contributed by atoms with Crippen molar-refractivity contribution in [1.29, 1.82) is 0 Å². The molecule has 3 aromatic carbocycles. The number of carboxylic acid groups (broad SMARTS) is 1. The van der Waals surface area contributed by atoms with E-state index in [0.717, 1.165) is 46.7 Å². The number of fused-ring (bicyclic) bond motifs is 3. The Morgan fingerprint density at radius 2 is 1.70 bits per heavy atom. The van der Waals surface area contributed by atoms with Crippen LogP contribution in [0.15, 0.2) is 84.9 Å². The Morgan fingerprint density at radius 1 is 0.890 bits per heavy atom. The Hall–Kier alpha value is -7.78. The van der Waals surface area contributed by atoms with Gasteiger partial charge < -0.3 is 20.1 Å². The van der Waals surface area contributed by atoms with Crippen molar-refractivity contribution in [3.8, 4) is 16.9 Å². The molecule has 0 aliphatic carbocycles. The molecule has 1 unspecified atom stereocenters. The number of aromatic nitrogens is 5. The predicted octanol–water partition coefficient (Wildman–Crippen LogP) is 8.20. The molecule has 7 aromatic rings. The highest BCUT2D eigenvalue weighted by Gasteiger charge is 2.36. The fourth-order valence-electron chi connectivity index (χ4n) is 9.99. The number of amides is 4. The van der Waals surface area contributed by atoms with Crippen molar-refractivity contribution >= 4 is 79.0 Å². The van der Waals surface area contributed by atoms with Gasteiger partial charge in [0, 0.05) is 43.1 Å². The maximum Gasteiger partial charge on any atom is 0.417 e. The van der Waals surface area contributed by atoms with E-state index >= 15 is 0 Å². The molecular weight excluding hydrogens is 966 g/mol. The number of nitrogens with one attached hydrogen (secondary N) is 3. The molecular formula is C52H49F3N10O7S. The number of imide groups is 1. The molecule has 3 aliphatic rings. The number of ether oxygens (including phenoxy) is 1. The fraction of sp³-hybridized carbons (Fsp3) is 0.327. The number of para-hydroxylation sites is 1. The largest absolute Gasteiger partial charge is 0.494 e. The number of rotatable bonds is 14. The van der Waals surface area contributed by atoms with Crippen LogP contribution < -0.4 is 25.6 Å². The van der Waals surface area contributed by atoms with Gasteiger partial charge in [-0.2, -0.15) is 18.3 Å². The van der Waals surface area contributed by atoms with Crippen LogP contribution in [-0.2, 0) is 40.6 Å². The molecule has 0 spiro atoms. The number of likely N-dealkylation sites (tertiary alicyclic amines) is 1. The van der Waals surface area contributed by atoms with Crippen molar-refractivity contribution in [2.45, 2.75) is 63.6 Å².